The molecule has 96 valence electrons. The molecular formula is C18H20Si. The van der Waals surface area contributed by atoms with Crippen LogP contribution < -0.4 is 10.4 Å². The summed E-state index contributed by atoms with van der Waals surface area (Å²) in [7, 11) is -1.42. The van der Waals surface area contributed by atoms with Gasteiger partial charge in [-0.25, -0.2) is 0 Å². The van der Waals surface area contributed by atoms with Gasteiger partial charge in [-0.05, 0) is 18.5 Å². The van der Waals surface area contributed by atoms with E-state index in [9.17, 15) is 0 Å². The van der Waals surface area contributed by atoms with Crippen molar-refractivity contribution in [2.24, 2.45) is 0 Å². The first-order chi connectivity index (χ1) is 9.37. The lowest BCUT2D eigenvalue weighted by Crippen LogP contribution is -2.68. The van der Waals surface area contributed by atoms with Crippen LogP contribution in [0, 0.1) is 0 Å². The quantitative estimate of drug-likeness (QED) is 0.441. The zero-order valence-corrected chi connectivity index (χ0v) is 12.3. The molecule has 0 spiro atoms. The number of hydrogen-bond acceptors (Lipinski definition) is 0. The highest BCUT2D eigenvalue weighted by Crippen LogP contribution is 2.28. The number of fused-ring (bicyclic) bond motifs is 1. The maximum absolute atomic E-state index is 3.86. The second-order valence-electron chi connectivity index (χ2n) is 5.46. The lowest BCUT2D eigenvalue weighted by molar-refractivity contribution is 0.929. The van der Waals surface area contributed by atoms with Gasteiger partial charge in [0.15, 0.2) is 0 Å². The Kier molecular flexibility index (Phi) is 3.39. The molecule has 0 nitrogen and oxygen atoms in total. The summed E-state index contributed by atoms with van der Waals surface area (Å²) in [6.45, 7) is 3.86. The van der Waals surface area contributed by atoms with Gasteiger partial charge >= 0.3 is 0 Å². The minimum atomic E-state index is -1.42. The molecule has 0 amide bonds. The second-order valence-corrected chi connectivity index (χ2v) is 9.60. The average molecular weight is 264 g/mol. The highest BCUT2D eigenvalue weighted by atomic mass is 28.3. The zero-order valence-electron chi connectivity index (χ0n) is 11.3. The lowest BCUT2D eigenvalue weighted by atomic mass is 10.2. The molecule has 1 heteroatoms. The molecule has 0 aliphatic carbocycles. The predicted molar refractivity (Wildman–Crippen MR) is 85.8 cm³/mol. The highest BCUT2D eigenvalue weighted by molar-refractivity contribution is 7.05. The third kappa shape index (κ3) is 2.08. The standard InChI is InChI=1S/C18H20Si/c1-2-3-9-14-19(17-11-5-4-6-12-17)15-16-10-7-8-13-18(16)19/h2,4-8,10-13H,1,3,9,14-15H2. The van der Waals surface area contributed by atoms with Gasteiger partial charge in [0.2, 0.25) is 0 Å². The van der Waals surface area contributed by atoms with E-state index in [2.05, 4.69) is 67.3 Å². The smallest absolute Gasteiger partial charge is 0.103 e. The summed E-state index contributed by atoms with van der Waals surface area (Å²) >= 11 is 0. The summed E-state index contributed by atoms with van der Waals surface area (Å²) in [6.07, 6.45) is 4.47. The summed E-state index contributed by atoms with van der Waals surface area (Å²) in [5.41, 5.74) is 1.58. The molecule has 0 radical (unpaired) electrons. The Morgan fingerprint density at radius 3 is 2.47 bits per heavy atom. The molecule has 0 aromatic heterocycles. The maximum atomic E-state index is 3.86. The molecule has 1 aliphatic heterocycles. The lowest BCUT2D eigenvalue weighted by Gasteiger charge is -2.43. The number of unbranched alkanes of at least 4 members (excludes halogenated alkanes) is 1. The Balaban J connectivity index is 1.97. The molecule has 2 aromatic rings. The third-order valence-electron chi connectivity index (χ3n) is 4.36. The molecule has 2 aromatic carbocycles. The van der Waals surface area contributed by atoms with Gasteiger partial charge in [0.05, 0.1) is 0 Å². The minimum absolute atomic E-state index is 1.14. The molecule has 1 atom stereocenters. The van der Waals surface area contributed by atoms with Gasteiger partial charge in [-0.1, -0.05) is 83.0 Å². The molecule has 3 rings (SSSR count). The molecule has 0 bridgehead atoms. The van der Waals surface area contributed by atoms with Crippen LogP contribution in [0.3, 0.4) is 0 Å². The van der Waals surface area contributed by atoms with E-state index in [1.807, 2.05) is 0 Å². The van der Waals surface area contributed by atoms with Gasteiger partial charge in [0.1, 0.15) is 8.07 Å². The van der Waals surface area contributed by atoms with Crippen LogP contribution in [0.25, 0.3) is 0 Å². The second kappa shape index (κ2) is 5.18. The predicted octanol–water partition coefficient (Wildman–Crippen LogP) is 3.31. The van der Waals surface area contributed by atoms with E-state index < -0.39 is 8.07 Å². The normalized spacial score (nSPS) is 20.4. The van der Waals surface area contributed by atoms with E-state index >= 15 is 0 Å². The van der Waals surface area contributed by atoms with Crippen LogP contribution in [-0.2, 0) is 6.04 Å². The van der Waals surface area contributed by atoms with Crippen LogP contribution in [0.4, 0.5) is 0 Å². The molecule has 0 saturated heterocycles. The van der Waals surface area contributed by atoms with Crippen molar-refractivity contribution in [2.45, 2.75) is 24.9 Å². The molecule has 0 N–H and O–H groups in total. The zero-order chi connectivity index (χ0) is 13.1. The first-order valence-corrected chi connectivity index (χ1v) is 9.53. The summed E-state index contributed by atoms with van der Waals surface area (Å²) in [6, 6.07) is 22.9. The fraction of sp³-hybridized carbons (Fsp3) is 0.222. The first kappa shape index (κ1) is 12.4. The van der Waals surface area contributed by atoms with E-state index in [0.717, 1.165) is 6.42 Å². The summed E-state index contributed by atoms with van der Waals surface area (Å²) in [4.78, 5) is 0. The molecule has 19 heavy (non-hydrogen) atoms. The van der Waals surface area contributed by atoms with Gasteiger partial charge in [-0.15, -0.1) is 6.58 Å². The van der Waals surface area contributed by atoms with Crippen LogP contribution >= 0.6 is 0 Å². The fourth-order valence-electron chi connectivity index (χ4n) is 3.39. The Morgan fingerprint density at radius 2 is 1.74 bits per heavy atom. The first-order valence-electron chi connectivity index (χ1n) is 7.12. The van der Waals surface area contributed by atoms with Crippen LogP contribution in [0.5, 0.6) is 0 Å². The van der Waals surface area contributed by atoms with Crippen molar-refractivity contribution in [1.29, 1.82) is 0 Å². The van der Waals surface area contributed by atoms with Crippen LogP contribution in [0.1, 0.15) is 18.4 Å². The number of allylic oxidation sites excluding steroid dienone is 1. The van der Waals surface area contributed by atoms with Crippen molar-refractivity contribution in [3.63, 3.8) is 0 Å². The SMILES string of the molecule is C=CCCC[Si]1(c2ccccc2)Cc2ccccc21. The van der Waals surface area contributed by atoms with Crippen LogP contribution in [0.2, 0.25) is 6.04 Å². The number of hydrogen-bond donors (Lipinski definition) is 0. The van der Waals surface area contributed by atoms with E-state index in [1.54, 1.807) is 15.9 Å². The van der Waals surface area contributed by atoms with Gasteiger partial charge in [0, 0.05) is 0 Å². The summed E-state index contributed by atoms with van der Waals surface area (Å²) < 4.78 is 0. The highest BCUT2D eigenvalue weighted by Gasteiger charge is 2.45. The van der Waals surface area contributed by atoms with Gasteiger partial charge in [-0.2, -0.15) is 0 Å². The number of benzene rings is 2. The van der Waals surface area contributed by atoms with Gasteiger partial charge in [0.25, 0.3) is 0 Å². The topological polar surface area (TPSA) is 0 Å². The third-order valence-corrected chi connectivity index (χ3v) is 9.51. The molecule has 0 fully saturated rings. The van der Waals surface area contributed by atoms with Gasteiger partial charge < -0.3 is 0 Å². The van der Waals surface area contributed by atoms with Crippen molar-refractivity contribution in [2.75, 3.05) is 0 Å². The Hall–Kier alpha value is -1.60. The van der Waals surface area contributed by atoms with Crippen LogP contribution in [0.15, 0.2) is 67.3 Å². The van der Waals surface area contributed by atoms with Crippen molar-refractivity contribution >= 4 is 18.4 Å². The van der Waals surface area contributed by atoms with E-state index in [4.69, 9.17) is 0 Å². The molecule has 1 heterocycles. The van der Waals surface area contributed by atoms with E-state index in [-0.39, 0.29) is 0 Å². The van der Waals surface area contributed by atoms with Crippen LogP contribution in [-0.4, -0.2) is 8.07 Å². The molecule has 0 saturated carbocycles. The average Bonchev–Trinajstić information content (AvgIpc) is 2.45. The van der Waals surface area contributed by atoms with Crippen molar-refractivity contribution in [3.8, 4) is 0 Å². The Bertz CT molecular complexity index is 573. The summed E-state index contributed by atoms with van der Waals surface area (Å²) in [5.74, 6) is 0. The molecule has 1 unspecified atom stereocenters. The van der Waals surface area contributed by atoms with Gasteiger partial charge in [-0.3, -0.25) is 0 Å². The maximum Gasteiger partial charge on any atom is 0.122 e. The number of rotatable bonds is 5. The molecular weight excluding hydrogens is 244 g/mol. The van der Waals surface area contributed by atoms with Crippen molar-refractivity contribution in [1.82, 2.24) is 0 Å². The van der Waals surface area contributed by atoms with E-state index in [0.29, 0.717) is 0 Å². The Morgan fingerprint density at radius 1 is 1.00 bits per heavy atom. The molecule has 1 aliphatic rings. The van der Waals surface area contributed by atoms with E-state index in [1.165, 1.54) is 18.5 Å². The van der Waals surface area contributed by atoms with Crippen molar-refractivity contribution in [3.05, 3.63) is 72.8 Å². The largest absolute Gasteiger partial charge is 0.122 e. The minimum Gasteiger partial charge on any atom is -0.103 e. The Labute approximate surface area is 116 Å². The summed E-state index contributed by atoms with van der Waals surface area (Å²) in [5, 5.41) is 3.28. The fourth-order valence-corrected chi connectivity index (χ4v) is 8.32. The monoisotopic (exact) mass is 264 g/mol. The van der Waals surface area contributed by atoms with Crippen molar-refractivity contribution < 1.29 is 0 Å².